The molecule has 3 heterocycles. The minimum atomic E-state index is 0.366. The van der Waals surface area contributed by atoms with Crippen molar-refractivity contribution < 1.29 is 4.74 Å². The first-order valence-corrected chi connectivity index (χ1v) is 10.3. The lowest BCUT2D eigenvalue weighted by Crippen LogP contribution is -2.47. The Balaban J connectivity index is 1.45. The van der Waals surface area contributed by atoms with Gasteiger partial charge in [-0.3, -0.25) is 9.89 Å². The Kier molecular flexibility index (Phi) is 5.75. The van der Waals surface area contributed by atoms with Gasteiger partial charge in [0.05, 0.1) is 30.8 Å². The molecule has 3 aliphatic rings. The van der Waals surface area contributed by atoms with Gasteiger partial charge in [0.2, 0.25) is 0 Å². The van der Waals surface area contributed by atoms with Crippen LogP contribution < -0.4 is 10.6 Å². The number of nitrogens with one attached hydrogen (secondary N) is 2. The number of likely N-dealkylation sites (tertiary alicyclic amines) is 1. The van der Waals surface area contributed by atoms with E-state index in [-0.39, 0.29) is 0 Å². The van der Waals surface area contributed by atoms with Crippen LogP contribution in [0.3, 0.4) is 0 Å². The Morgan fingerprint density at radius 2 is 2.04 bits per heavy atom. The number of benzene rings is 1. The highest BCUT2D eigenvalue weighted by Gasteiger charge is 2.41. The smallest absolute Gasteiger partial charge is 0.191 e. The molecule has 4 rings (SSSR count). The summed E-state index contributed by atoms with van der Waals surface area (Å²) in [5.74, 6) is 0.939. The standard InChI is InChI=1S/C21H32N4O/c1-2-22-21(24-18-14-17-10-11-20(18)26-17)23-15-19(25-12-6-7-13-25)16-8-4-3-5-9-16/h3-5,8-9,17-20H,2,6-7,10-15H2,1H3,(H2,22,23,24). The van der Waals surface area contributed by atoms with Crippen LogP contribution >= 0.6 is 0 Å². The molecular formula is C21H32N4O. The summed E-state index contributed by atoms with van der Waals surface area (Å²) >= 11 is 0. The third-order valence-electron chi connectivity index (χ3n) is 5.96. The lowest BCUT2D eigenvalue weighted by Gasteiger charge is -2.28. The van der Waals surface area contributed by atoms with E-state index in [0.29, 0.717) is 24.3 Å². The molecule has 4 unspecified atom stereocenters. The van der Waals surface area contributed by atoms with Crippen LogP contribution in [-0.2, 0) is 4.74 Å². The summed E-state index contributed by atoms with van der Waals surface area (Å²) in [6.45, 7) is 6.16. The molecule has 2 N–H and O–H groups in total. The van der Waals surface area contributed by atoms with Crippen molar-refractivity contribution in [1.29, 1.82) is 0 Å². The van der Waals surface area contributed by atoms with E-state index in [9.17, 15) is 0 Å². The van der Waals surface area contributed by atoms with Gasteiger partial charge >= 0.3 is 0 Å². The van der Waals surface area contributed by atoms with Crippen LogP contribution in [0.25, 0.3) is 0 Å². The number of hydrogen-bond donors (Lipinski definition) is 2. The normalized spacial score (nSPS) is 29.9. The second-order valence-corrected chi connectivity index (χ2v) is 7.75. The molecule has 142 valence electrons. The van der Waals surface area contributed by atoms with Gasteiger partial charge in [0, 0.05) is 6.54 Å². The molecule has 0 aliphatic carbocycles. The van der Waals surface area contributed by atoms with E-state index in [0.717, 1.165) is 25.5 Å². The molecule has 0 radical (unpaired) electrons. The molecule has 1 aromatic rings. The van der Waals surface area contributed by atoms with Crippen LogP contribution in [0.5, 0.6) is 0 Å². The average molecular weight is 357 g/mol. The Labute approximate surface area is 157 Å². The van der Waals surface area contributed by atoms with Crippen LogP contribution in [0.1, 0.15) is 50.6 Å². The summed E-state index contributed by atoms with van der Waals surface area (Å²) in [4.78, 5) is 7.57. The van der Waals surface area contributed by atoms with Gasteiger partial charge in [0.25, 0.3) is 0 Å². The van der Waals surface area contributed by atoms with Crippen molar-refractivity contribution in [3.8, 4) is 0 Å². The predicted octanol–water partition coefficient (Wildman–Crippen LogP) is 2.70. The summed E-state index contributed by atoms with van der Waals surface area (Å²) in [5.41, 5.74) is 1.37. The van der Waals surface area contributed by atoms with E-state index < -0.39 is 0 Å². The fourth-order valence-corrected chi connectivity index (χ4v) is 4.62. The first-order chi connectivity index (χ1) is 12.8. The van der Waals surface area contributed by atoms with Crippen molar-refractivity contribution in [2.75, 3.05) is 26.2 Å². The average Bonchev–Trinajstić information content (AvgIpc) is 3.41. The van der Waals surface area contributed by atoms with Crippen LogP contribution in [0.2, 0.25) is 0 Å². The summed E-state index contributed by atoms with van der Waals surface area (Å²) < 4.78 is 5.99. The fraction of sp³-hybridized carbons (Fsp3) is 0.667. The minimum Gasteiger partial charge on any atom is -0.373 e. The first-order valence-electron chi connectivity index (χ1n) is 10.3. The maximum atomic E-state index is 5.99. The molecule has 4 atom stereocenters. The Morgan fingerprint density at radius 3 is 2.69 bits per heavy atom. The van der Waals surface area contributed by atoms with Crippen LogP contribution in [0.15, 0.2) is 35.3 Å². The van der Waals surface area contributed by atoms with E-state index >= 15 is 0 Å². The van der Waals surface area contributed by atoms with Gasteiger partial charge in [-0.2, -0.15) is 0 Å². The topological polar surface area (TPSA) is 48.9 Å². The van der Waals surface area contributed by atoms with Gasteiger partial charge in [0.1, 0.15) is 0 Å². The molecule has 1 aromatic carbocycles. The molecule has 0 saturated carbocycles. The van der Waals surface area contributed by atoms with Crippen molar-refractivity contribution in [3.63, 3.8) is 0 Å². The molecule has 3 aliphatic heterocycles. The molecule has 0 amide bonds. The SMILES string of the molecule is CCNC(=NCC(c1ccccc1)N1CCCC1)NC1CC2CCC1O2. The van der Waals surface area contributed by atoms with Crippen molar-refractivity contribution in [2.45, 2.75) is 63.3 Å². The molecule has 5 nitrogen and oxygen atoms in total. The number of ether oxygens (including phenoxy) is 1. The molecule has 0 spiro atoms. The number of aliphatic imine (C=N–C) groups is 1. The zero-order valence-corrected chi connectivity index (χ0v) is 15.9. The van der Waals surface area contributed by atoms with E-state index in [1.165, 1.54) is 44.3 Å². The summed E-state index contributed by atoms with van der Waals surface area (Å²) in [6, 6.07) is 11.6. The number of rotatable bonds is 6. The highest BCUT2D eigenvalue weighted by Crippen LogP contribution is 2.34. The van der Waals surface area contributed by atoms with Crippen molar-refractivity contribution in [3.05, 3.63) is 35.9 Å². The lowest BCUT2D eigenvalue weighted by molar-refractivity contribution is 0.0992. The fourth-order valence-electron chi connectivity index (χ4n) is 4.62. The summed E-state index contributed by atoms with van der Waals surface area (Å²) in [5, 5.41) is 7.07. The molecule has 3 fully saturated rings. The van der Waals surface area contributed by atoms with Gasteiger partial charge in [-0.1, -0.05) is 30.3 Å². The van der Waals surface area contributed by atoms with Gasteiger partial charge in [-0.15, -0.1) is 0 Å². The van der Waals surface area contributed by atoms with Gasteiger partial charge < -0.3 is 15.4 Å². The lowest BCUT2D eigenvalue weighted by atomic mass is 9.96. The maximum Gasteiger partial charge on any atom is 0.191 e. The van der Waals surface area contributed by atoms with Gasteiger partial charge in [-0.05, 0) is 57.7 Å². The third kappa shape index (κ3) is 4.04. The Bertz CT molecular complexity index is 599. The maximum absolute atomic E-state index is 5.99. The molecular weight excluding hydrogens is 324 g/mol. The largest absolute Gasteiger partial charge is 0.373 e. The van der Waals surface area contributed by atoms with E-state index in [4.69, 9.17) is 9.73 Å². The van der Waals surface area contributed by atoms with Crippen LogP contribution in [0.4, 0.5) is 0 Å². The van der Waals surface area contributed by atoms with E-state index in [1.807, 2.05) is 0 Å². The quantitative estimate of drug-likeness (QED) is 0.608. The summed E-state index contributed by atoms with van der Waals surface area (Å²) in [7, 11) is 0. The molecule has 0 aromatic heterocycles. The monoisotopic (exact) mass is 356 g/mol. The highest BCUT2D eigenvalue weighted by atomic mass is 16.5. The molecule has 2 bridgehead atoms. The zero-order chi connectivity index (χ0) is 17.8. The third-order valence-corrected chi connectivity index (χ3v) is 5.96. The number of nitrogens with zero attached hydrogens (tertiary/aromatic N) is 2. The van der Waals surface area contributed by atoms with Crippen LogP contribution in [0, 0.1) is 0 Å². The molecule has 3 saturated heterocycles. The first kappa shape index (κ1) is 17.8. The number of guanidine groups is 1. The van der Waals surface area contributed by atoms with Crippen LogP contribution in [-0.4, -0.2) is 55.3 Å². The van der Waals surface area contributed by atoms with Crippen molar-refractivity contribution in [2.24, 2.45) is 4.99 Å². The predicted molar refractivity (Wildman–Crippen MR) is 105 cm³/mol. The Morgan fingerprint density at radius 1 is 1.23 bits per heavy atom. The van der Waals surface area contributed by atoms with Gasteiger partial charge in [0.15, 0.2) is 5.96 Å². The Hall–Kier alpha value is -1.59. The van der Waals surface area contributed by atoms with Gasteiger partial charge in [-0.25, -0.2) is 0 Å². The van der Waals surface area contributed by atoms with E-state index in [1.54, 1.807) is 0 Å². The summed E-state index contributed by atoms with van der Waals surface area (Å²) in [6.07, 6.45) is 6.95. The number of hydrogen-bond acceptors (Lipinski definition) is 3. The second kappa shape index (κ2) is 8.40. The van der Waals surface area contributed by atoms with E-state index in [2.05, 4.69) is 52.8 Å². The zero-order valence-electron chi connectivity index (χ0n) is 15.9. The van der Waals surface area contributed by atoms with Crippen molar-refractivity contribution in [1.82, 2.24) is 15.5 Å². The molecule has 5 heteroatoms. The number of fused-ring (bicyclic) bond motifs is 2. The molecule has 26 heavy (non-hydrogen) atoms. The minimum absolute atomic E-state index is 0.366. The second-order valence-electron chi connectivity index (χ2n) is 7.75. The highest BCUT2D eigenvalue weighted by molar-refractivity contribution is 5.80. The van der Waals surface area contributed by atoms with Crippen molar-refractivity contribution >= 4 is 5.96 Å².